The van der Waals surface area contributed by atoms with Gasteiger partial charge in [0, 0.05) is 19.0 Å². The molecule has 0 saturated carbocycles. The lowest BCUT2D eigenvalue weighted by Gasteiger charge is -2.32. The van der Waals surface area contributed by atoms with Gasteiger partial charge in [-0.05, 0) is 60.7 Å². The van der Waals surface area contributed by atoms with E-state index in [-0.39, 0.29) is 31.0 Å². The fraction of sp³-hybridized carbons (Fsp3) is 0.355. The smallest absolute Gasteiger partial charge is 0.261 e. The van der Waals surface area contributed by atoms with Gasteiger partial charge < -0.3 is 19.7 Å². The average molecular weight is 503 g/mol. The van der Waals surface area contributed by atoms with Gasteiger partial charge in [-0.1, -0.05) is 68.4 Å². The minimum absolute atomic E-state index is 0.0599. The Balaban J connectivity index is 1.89. The lowest BCUT2D eigenvalue weighted by molar-refractivity contribution is -0.143. The summed E-state index contributed by atoms with van der Waals surface area (Å²) in [4.78, 5) is 28.7. The van der Waals surface area contributed by atoms with Crippen molar-refractivity contribution in [2.75, 3.05) is 13.7 Å². The lowest BCUT2D eigenvalue weighted by atomic mass is 10.0. The molecule has 0 aliphatic rings. The number of carbonyl (C=O) groups excluding carboxylic acids is 2. The molecule has 0 aliphatic heterocycles. The lowest BCUT2D eigenvalue weighted by Crippen LogP contribution is -2.52. The molecule has 6 heteroatoms. The van der Waals surface area contributed by atoms with Gasteiger partial charge in [0.25, 0.3) is 5.91 Å². The minimum Gasteiger partial charge on any atom is -0.497 e. The molecule has 6 nitrogen and oxygen atoms in total. The van der Waals surface area contributed by atoms with Gasteiger partial charge in [-0.2, -0.15) is 0 Å². The van der Waals surface area contributed by atoms with Crippen LogP contribution < -0.4 is 14.8 Å². The van der Waals surface area contributed by atoms with Gasteiger partial charge in [0.05, 0.1) is 7.11 Å². The summed E-state index contributed by atoms with van der Waals surface area (Å²) in [6.45, 7) is 8.15. The second-order valence-electron chi connectivity index (χ2n) is 9.75. The number of nitrogens with one attached hydrogen (secondary N) is 1. The zero-order chi connectivity index (χ0) is 26.8. The van der Waals surface area contributed by atoms with Crippen molar-refractivity contribution in [1.82, 2.24) is 10.2 Å². The molecule has 0 aliphatic carbocycles. The van der Waals surface area contributed by atoms with Crippen molar-refractivity contribution in [2.45, 2.75) is 58.7 Å². The van der Waals surface area contributed by atoms with Crippen LogP contribution in [-0.2, 0) is 22.6 Å². The van der Waals surface area contributed by atoms with E-state index >= 15 is 0 Å². The first-order chi connectivity index (χ1) is 17.8. The molecule has 0 bridgehead atoms. The molecule has 0 aromatic heterocycles. The maximum absolute atomic E-state index is 13.7. The molecule has 0 spiro atoms. The molecule has 1 unspecified atom stereocenters. The number of nitrogens with zero attached hydrogens (tertiary/aromatic N) is 1. The first-order valence-electron chi connectivity index (χ1n) is 12.8. The van der Waals surface area contributed by atoms with Crippen LogP contribution in [0, 0.1) is 0 Å². The molecule has 1 N–H and O–H groups in total. The first-order valence-corrected chi connectivity index (χ1v) is 12.8. The summed E-state index contributed by atoms with van der Waals surface area (Å²) in [5, 5.41) is 3.00. The molecule has 3 aromatic carbocycles. The van der Waals surface area contributed by atoms with Gasteiger partial charge in [-0.3, -0.25) is 9.59 Å². The van der Waals surface area contributed by atoms with Crippen molar-refractivity contribution in [2.24, 2.45) is 0 Å². The van der Waals surface area contributed by atoms with Crippen LogP contribution in [-0.4, -0.2) is 42.5 Å². The van der Waals surface area contributed by atoms with E-state index in [0.29, 0.717) is 23.8 Å². The van der Waals surface area contributed by atoms with Crippen molar-refractivity contribution >= 4 is 11.8 Å². The van der Waals surface area contributed by atoms with Crippen LogP contribution in [0.15, 0.2) is 78.9 Å². The predicted molar refractivity (Wildman–Crippen MR) is 147 cm³/mol. The van der Waals surface area contributed by atoms with E-state index in [1.54, 1.807) is 12.0 Å². The van der Waals surface area contributed by atoms with E-state index in [9.17, 15) is 9.59 Å². The van der Waals surface area contributed by atoms with Crippen molar-refractivity contribution in [3.05, 3.63) is 95.6 Å². The maximum Gasteiger partial charge on any atom is 0.261 e. The third-order valence-electron chi connectivity index (χ3n) is 6.10. The van der Waals surface area contributed by atoms with E-state index in [2.05, 4.69) is 19.2 Å². The van der Waals surface area contributed by atoms with Gasteiger partial charge in [0.2, 0.25) is 5.91 Å². The SMILES string of the molecule is COc1cccc(CN(C(=O)COc2ccc(C(C)C)cc2)C(Cc2ccccc2)C(=O)NC(C)C)c1. The monoisotopic (exact) mass is 502 g/mol. The Morgan fingerprint density at radius 3 is 2.14 bits per heavy atom. The molecule has 0 heterocycles. The Morgan fingerprint density at radius 2 is 1.51 bits per heavy atom. The number of rotatable bonds is 12. The topological polar surface area (TPSA) is 67.9 Å². The summed E-state index contributed by atoms with van der Waals surface area (Å²) < 4.78 is 11.3. The van der Waals surface area contributed by atoms with Crippen LogP contribution in [0.2, 0.25) is 0 Å². The number of benzene rings is 3. The molecule has 37 heavy (non-hydrogen) atoms. The second-order valence-corrected chi connectivity index (χ2v) is 9.75. The maximum atomic E-state index is 13.7. The fourth-order valence-corrected chi connectivity index (χ4v) is 4.08. The molecule has 3 rings (SSSR count). The van der Waals surface area contributed by atoms with E-state index in [1.165, 1.54) is 5.56 Å². The average Bonchev–Trinajstić information content (AvgIpc) is 2.89. The van der Waals surface area contributed by atoms with Gasteiger partial charge in [0.1, 0.15) is 17.5 Å². The summed E-state index contributed by atoms with van der Waals surface area (Å²) in [5.41, 5.74) is 3.04. The molecule has 0 saturated heterocycles. The van der Waals surface area contributed by atoms with Crippen molar-refractivity contribution in [3.63, 3.8) is 0 Å². The van der Waals surface area contributed by atoms with Crippen LogP contribution in [0.5, 0.6) is 11.5 Å². The van der Waals surface area contributed by atoms with Gasteiger partial charge in [-0.15, -0.1) is 0 Å². The zero-order valence-electron chi connectivity index (χ0n) is 22.4. The molecule has 2 amide bonds. The number of hydrogen-bond donors (Lipinski definition) is 1. The van der Waals surface area contributed by atoms with Crippen LogP contribution in [0.25, 0.3) is 0 Å². The van der Waals surface area contributed by atoms with E-state index in [4.69, 9.17) is 9.47 Å². The summed E-state index contributed by atoms with van der Waals surface area (Å²) in [6, 6.07) is 24.3. The quantitative estimate of drug-likeness (QED) is 0.362. The fourth-order valence-electron chi connectivity index (χ4n) is 4.08. The third-order valence-corrected chi connectivity index (χ3v) is 6.10. The van der Waals surface area contributed by atoms with Crippen LogP contribution in [0.3, 0.4) is 0 Å². The van der Waals surface area contributed by atoms with Gasteiger partial charge in [-0.25, -0.2) is 0 Å². The number of methoxy groups -OCH3 is 1. The third kappa shape index (κ3) is 8.38. The largest absolute Gasteiger partial charge is 0.497 e. The second kappa shape index (κ2) is 13.5. The predicted octanol–water partition coefficient (Wildman–Crippen LogP) is 5.36. The number of carbonyl (C=O) groups is 2. The van der Waals surface area contributed by atoms with E-state index in [1.807, 2.05) is 92.7 Å². The van der Waals surface area contributed by atoms with Gasteiger partial charge >= 0.3 is 0 Å². The summed E-state index contributed by atoms with van der Waals surface area (Å²) >= 11 is 0. The van der Waals surface area contributed by atoms with Crippen molar-refractivity contribution in [3.8, 4) is 11.5 Å². The highest BCUT2D eigenvalue weighted by Gasteiger charge is 2.31. The van der Waals surface area contributed by atoms with Gasteiger partial charge in [0.15, 0.2) is 6.61 Å². The minimum atomic E-state index is -0.713. The molecule has 1 atom stereocenters. The molecule has 3 aromatic rings. The molecular weight excluding hydrogens is 464 g/mol. The van der Waals surface area contributed by atoms with Crippen LogP contribution >= 0.6 is 0 Å². The number of ether oxygens (including phenoxy) is 2. The number of amides is 2. The number of hydrogen-bond acceptors (Lipinski definition) is 4. The first kappa shape index (κ1) is 27.8. The highest BCUT2D eigenvalue weighted by molar-refractivity contribution is 5.88. The summed E-state index contributed by atoms with van der Waals surface area (Å²) in [6.07, 6.45) is 0.387. The van der Waals surface area contributed by atoms with Crippen LogP contribution in [0.4, 0.5) is 0 Å². The Morgan fingerprint density at radius 1 is 0.838 bits per heavy atom. The highest BCUT2D eigenvalue weighted by Crippen LogP contribution is 2.21. The molecule has 0 radical (unpaired) electrons. The Kier molecular flexibility index (Phi) is 10.1. The Bertz CT molecular complexity index is 1140. The summed E-state index contributed by atoms with van der Waals surface area (Å²) in [5.74, 6) is 1.25. The standard InChI is InChI=1S/C31H38N2O4/c1-22(2)26-14-16-27(17-15-26)37-21-30(34)33(20-25-12-9-13-28(18-25)36-5)29(31(35)32-23(3)4)19-24-10-7-6-8-11-24/h6-18,22-23,29H,19-21H2,1-5H3,(H,32,35). The molecule has 0 fully saturated rings. The zero-order valence-corrected chi connectivity index (χ0v) is 22.4. The molecular formula is C31H38N2O4. The normalized spacial score (nSPS) is 11.8. The van der Waals surface area contributed by atoms with E-state index in [0.717, 1.165) is 11.1 Å². The Hall–Kier alpha value is -3.80. The van der Waals surface area contributed by atoms with E-state index < -0.39 is 6.04 Å². The molecule has 196 valence electrons. The highest BCUT2D eigenvalue weighted by atomic mass is 16.5. The van der Waals surface area contributed by atoms with Crippen molar-refractivity contribution in [1.29, 1.82) is 0 Å². The van der Waals surface area contributed by atoms with Crippen LogP contribution in [0.1, 0.15) is 50.3 Å². The summed E-state index contributed by atoms with van der Waals surface area (Å²) in [7, 11) is 1.61. The Labute approximate surface area is 220 Å². The van der Waals surface area contributed by atoms with Crippen molar-refractivity contribution < 1.29 is 19.1 Å².